The number of imidazole rings is 1. The topological polar surface area (TPSA) is 95.2 Å². The zero-order chi connectivity index (χ0) is 13.0. The summed E-state index contributed by atoms with van der Waals surface area (Å²) in [7, 11) is 0. The largest absolute Gasteiger partial charge is 0.349 e. The number of nitrogens with one attached hydrogen (secondary N) is 2. The first-order valence-electron chi connectivity index (χ1n) is 5.75. The molecular formula is C11H14N4O3. The molecule has 96 valence electrons. The molecule has 1 aromatic rings. The summed E-state index contributed by atoms with van der Waals surface area (Å²) in [5.41, 5.74) is 0. The third-order valence-corrected chi connectivity index (χ3v) is 2.73. The molecular weight excluding hydrogens is 236 g/mol. The summed E-state index contributed by atoms with van der Waals surface area (Å²) in [4.78, 5) is 42.1. The second kappa shape index (κ2) is 5.44. The van der Waals surface area contributed by atoms with Gasteiger partial charge in [-0.15, -0.1) is 0 Å². The second-order valence-corrected chi connectivity index (χ2v) is 4.00. The Morgan fingerprint density at radius 1 is 1.39 bits per heavy atom. The number of hydrogen-bond donors (Lipinski definition) is 2. The number of H-pyrrole nitrogens is 1. The highest BCUT2D eigenvalue weighted by molar-refractivity contribution is 6.02. The van der Waals surface area contributed by atoms with E-state index in [9.17, 15) is 14.4 Å². The lowest BCUT2D eigenvalue weighted by Gasteiger charge is -2.12. The van der Waals surface area contributed by atoms with Gasteiger partial charge in [0.15, 0.2) is 0 Å². The number of imide groups is 1. The fraction of sp³-hybridized carbons (Fsp3) is 0.455. The van der Waals surface area contributed by atoms with Gasteiger partial charge in [0.25, 0.3) is 0 Å². The van der Waals surface area contributed by atoms with E-state index in [1.807, 2.05) is 0 Å². The molecule has 1 aromatic heterocycles. The van der Waals surface area contributed by atoms with E-state index in [4.69, 9.17) is 0 Å². The summed E-state index contributed by atoms with van der Waals surface area (Å²) < 4.78 is 0. The Labute approximate surface area is 104 Å². The molecule has 0 atom stereocenters. The Hall–Kier alpha value is -2.18. The summed E-state index contributed by atoms with van der Waals surface area (Å²) >= 11 is 0. The molecule has 0 radical (unpaired) electrons. The number of nitrogens with zero attached hydrogens (tertiary/aromatic N) is 2. The first-order chi connectivity index (χ1) is 8.66. The van der Waals surface area contributed by atoms with Crippen molar-refractivity contribution in [1.82, 2.24) is 20.2 Å². The van der Waals surface area contributed by atoms with E-state index in [-0.39, 0.29) is 43.5 Å². The van der Waals surface area contributed by atoms with Crippen molar-refractivity contribution >= 4 is 17.7 Å². The van der Waals surface area contributed by atoms with Gasteiger partial charge in [0.1, 0.15) is 5.82 Å². The summed E-state index contributed by atoms with van der Waals surface area (Å²) in [5, 5.41) is 2.66. The van der Waals surface area contributed by atoms with Crippen LogP contribution in [0.25, 0.3) is 0 Å². The Bertz CT molecular complexity index is 439. The van der Waals surface area contributed by atoms with Gasteiger partial charge in [-0.1, -0.05) is 0 Å². The molecule has 18 heavy (non-hydrogen) atoms. The van der Waals surface area contributed by atoms with Gasteiger partial charge in [0, 0.05) is 38.2 Å². The lowest BCUT2D eigenvalue weighted by molar-refractivity contribution is -0.138. The van der Waals surface area contributed by atoms with E-state index in [1.165, 1.54) is 0 Å². The summed E-state index contributed by atoms with van der Waals surface area (Å²) in [6.45, 7) is 0.468. The highest BCUT2D eigenvalue weighted by atomic mass is 16.2. The summed E-state index contributed by atoms with van der Waals surface area (Å²) in [5.74, 6) is 0.0632. The fourth-order valence-electron chi connectivity index (χ4n) is 1.75. The molecule has 1 aliphatic rings. The van der Waals surface area contributed by atoms with Gasteiger partial charge < -0.3 is 10.3 Å². The van der Waals surface area contributed by atoms with Crippen LogP contribution in [0.3, 0.4) is 0 Å². The molecule has 3 amide bonds. The molecule has 0 aliphatic carbocycles. The van der Waals surface area contributed by atoms with Crippen LogP contribution in [-0.2, 0) is 20.9 Å². The number of likely N-dealkylation sites (tertiary alicyclic amines) is 1. The maximum absolute atomic E-state index is 11.5. The molecule has 0 unspecified atom stereocenters. The Morgan fingerprint density at radius 2 is 2.11 bits per heavy atom. The minimum atomic E-state index is -0.209. The Morgan fingerprint density at radius 3 is 2.72 bits per heavy atom. The number of carbonyl (C=O) groups is 3. The molecule has 0 aromatic carbocycles. The number of aromatic amines is 1. The van der Waals surface area contributed by atoms with E-state index < -0.39 is 0 Å². The van der Waals surface area contributed by atoms with Gasteiger partial charge in [-0.3, -0.25) is 19.3 Å². The molecule has 1 aliphatic heterocycles. The lowest BCUT2D eigenvalue weighted by Crippen LogP contribution is -2.34. The monoisotopic (exact) mass is 250 g/mol. The average molecular weight is 250 g/mol. The fourth-order valence-corrected chi connectivity index (χ4v) is 1.75. The van der Waals surface area contributed by atoms with Crippen molar-refractivity contribution in [3.8, 4) is 0 Å². The van der Waals surface area contributed by atoms with Crippen molar-refractivity contribution in [2.75, 3.05) is 6.54 Å². The van der Waals surface area contributed by atoms with E-state index in [0.717, 1.165) is 4.90 Å². The van der Waals surface area contributed by atoms with Gasteiger partial charge in [0.05, 0.1) is 6.54 Å². The van der Waals surface area contributed by atoms with Crippen LogP contribution in [0, 0.1) is 0 Å². The molecule has 0 saturated carbocycles. The summed E-state index contributed by atoms with van der Waals surface area (Å²) in [6, 6.07) is 0. The first-order valence-corrected chi connectivity index (χ1v) is 5.75. The number of rotatable bonds is 5. The number of hydrogen-bond acceptors (Lipinski definition) is 4. The van der Waals surface area contributed by atoms with Crippen molar-refractivity contribution in [2.24, 2.45) is 0 Å². The molecule has 1 fully saturated rings. The normalized spacial score (nSPS) is 15.2. The highest BCUT2D eigenvalue weighted by Gasteiger charge is 2.28. The molecule has 7 heteroatoms. The van der Waals surface area contributed by atoms with Gasteiger partial charge in [-0.25, -0.2) is 4.98 Å². The van der Waals surface area contributed by atoms with Crippen molar-refractivity contribution in [3.63, 3.8) is 0 Å². The number of carbonyl (C=O) groups excluding carboxylic acids is 3. The van der Waals surface area contributed by atoms with E-state index in [1.54, 1.807) is 12.4 Å². The molecule has 1 saturated heterocycles. The molecule has 2 heterocycles. The summed E-state index contributed by atoms with van der Waals surface area (Å²) in [6.07, 6.45) is 3.91. The van der Waals surface area contributed by atoms with Crippen LogP contribution in [0.4, 0.5) is 0 Å². The van der Waals surface area contributed by atoms with Crippen molar-refractivity contribution in [3.05, 3.63) is 18.2 Å². The predicted octanol–water partition coefficient (Wildman–Crippen LogP) is -0.435. The standard InChI is InChI=1S/C11H14N4O3/c16-9(14-7-8-12-4-5-13-8)3-6-15-10(17)1-2-11(15)18/h4-5H,1-3,6-7H2,(H,12,13)(H,14,16). The van der Waals surface area contributed by atoms with Crippen LogP contribution in [0.2, 0.25) is 0 Å². The van der Waals surface area contributed by atoms with Crippen LogP contribution >= 0.6 is 0 Å². The maximum atomic E-state index is 11.5. The molecule has 0 bridgehead atoms. The van der Waals surface area contributed by atoms with Gasteiger partial charge in [-0.05, 0) is 0 Å². The third kappa shape index (κ3) is 2.93. The number of amides is 3. The minimum Gasteiger partial charge on any atom is -0.349 e. The number of aromatic nitrogens is 2. The first kappa shape index (κ1) is 12.3. The Kier molecular flexibility index (Phi) is 3.71. The van der Waals surface area contributed by atoms with Gasteiger partial charge in [-0.2, -0.15) is 0 Å². The van der Waals surface area contributed by atoms with Crippen LogP contribution in [0.5, 0.6) is 0 Å². The van der Waals surface area contributed by atoms with E-state index in [0.29, 0.717) is 12.4 Å². The third-order valence-electron chi connectivity index (χ3n) is 2.73. The van der Waals surface area contributed by atoms with E-state index >= 15 is 0 Å². The van der Waals surface area contributed by atoms with Crippen LogP contribution in [-0.4, -0.2) is 39.1 Å². The van der Waals surface area contributed by atoms with Gasteiger partial charge >= 0.3 is 0 Å². The van der Waals surface area contributed by atoms with Crippen LogP contribution in [0.1, 0.15) is 25.1 Å². The SMILES string of the molecule is O=C(CCN1C(=O)CCC1=O)NCc1ncc[nH]1. The molecule has 2 rings (SSSR count). The molecule has 0 spiro atoms. The second-order valence-electron chi connectivity index (χ2n) is 4.00. The molecule has 2 N–H and O–H groups in total. The van der Waals surface area contributed by atoms with Crippen LogP contribution in [0.15, 0.2) is 12.4 Å². The lowest BCUT2D eigenvalue weighted by atomic mass is 10.3. The smallest absolute Gasteiger partial charge is 0.229 e. The predicted molar refractivity (Wildman–Crippen MR) is 61.0 cm³/mol. The molecule has 7 nitrogen and oxygen atoms in total. The van der Waals surface area contributed by atoms with Crippen molar-refractivity contribution in [2.45, 2.75) is 25.8 Å². The minimum absolute atomic E-state index is 0.123. The van der Waals surface area contributed by atoms with Crippen molar-refractivity contribution in [1.29, 1.82) is 0 Å². The van der Waals surface area contributed by atoms with Crippen LogP contribution < -0.4 is 5.32 Å². The highest BCUT2D eigenvalue weighted by Crippen LogP contribution is 2.11. The maximum Gasteiger partial charge on any atom is 0.229 e. The zero-order valence-electron chi connectivity index (χ0n) is 9.81. The van der Waals surface area contributed by atoms with Gasteiger partial charge in [0.2, 0.25) is 17.7 Å². The Balaban J connectivity index is 1.71. The average Bonchev–Trinajstić information content (AvgIpc) is 2.96. The zero-order valence-corrected chi connectivity index (χ0v) is 9.81. The van der Waals surface area contributed by atoms with E-state index in [2.05, 4.69) is 15.3 Å². The van der Waals surface area contributed by atoms with Crippen molar-refractivity contribution < 1.29 is 14.4 Å². The quantitative estimate of drug-likeness (QED) is 0.693.